The number of rotatable bonds is 6. The zero-order chi connectivity index (χ0) is 19.3. The van der Waals surface area contributed by atoms with Crippen LogP contribution in [0.5, 0.6) is 17.2 Å². The third kappa shape index (κ3) is 4.57. The van der Waals surface area contributed by atoms with Gasteiger partial charge in [0, 0.05) is 5.56 Å². The lowest BCUT2D eigenvalue weighted by Gasteiger charge is -2.20. The van der Waals surface area contributed by atoms with Gasteiger partial charge in [0.05, 0.1) is 12.8 Å². The number of hydrogen-bond donors (Lipinski definition) is 2. The third-order valence-corrected chi connectivity index (χ3v) is 3.89. The molecule has 0 bridgehead atoms. The van der Waals surface area contributed by atoms with Crippen molar-refractivity contribution in [3.8, 4) is 17.2 Å². The van der Waals surface area contributed by atoms with Crippen LogP contribution in [0.3, 0.4) is 0 Å². The molecule has 0 unspecified atom stereocenters. The second-order valence-corrected chi connectivity index (χ2v) is 6.90. The highest BCUT2D eigenvalue weighted by atomic mass is 16.5. The minimum atomic E-state index is -0.347. The van der Waals surface area contributed by atoms with Crippen LogP contribution in [0.4, 0.5) is 5.69 Å². The van der Waals surface area contributed by atoms with Crippen molar-refractivity contribution < 1.29 is 19.4 Å². The number of carbonyl (C=O) groups is 1. The summed E-state index contributed by atoms with van der Waals surface area (Å²) in [6.07, 6.45) is 1.63. The molecule has 0 fully saturated rings. The van der Waals surface area contributed by atoms with Gasteiger partial charge in [-0.1, -0.05) is 39.5 Å². The van der Waals surface area contributed by atoms with E-state index >= 15 is 0 Å². The number of hydrogen-bond acceptors (Lipinski definition) is 4. The Bertz CT molecular complexity index is 806. The lowest BCUT2D eigenvalue weighted by Crippen LogP contribution is -2.15. The van der Waals surface area contributed by atoms with Crippen molar-refractivity contribution in [2.75, 3.05) is 19.0 Å². The Kier molecular flexibility index (Phi) is 5.93. The van der Waals surface area contributed by atoms with Gasteiger partial charge in [-0.05, 0) is 41.3 Å². The molecule has 0 aliphatic rings. The summed E-state index contributed by atoms with van der Waals surface area (Å²) >= 11 is 0. The Hall–Kier alpha value is -2.95. The van der Waals surface area contributed by atoms with E-state index in [1.54, 1.807) is 36.4 Å². The van der Waals surface area contributed by atoms with E-state index in [0.717, 1.165) is 5.56 Å². The molecule has 1 amide bonds. The molecule has 2 aromatic carbocycles. The smallest absolute Gasteiger partial charge is 0.255 e. The maximum absolute atomic E-state index is 12.6. The Morgan fingerprint density at radius 2 is 1.92 bits per heavy atom. The quantitative estimate of drug-likeness (QED) is 0.591. The van der Waals surface area contributed by atoms with Crippen molar-refractivity contribution in [2.24, 2.45) is 0 Å². The third-order valence-electron chi connectivity index (χ3n) is 3.89. The fraction of sp³-hybridized carbons (Fsp3) is 0.286. The molecule has 26 heavy (non-hydrogen) atoms. The summed E-state index contributed by atoms with van der Waals surface area (Å²) < 4.78 is 10.8. The van der Waals surface area contributed by atoms with Gasteiger partial charge in [-0.25, -0.2) is 0 Å². The fourth-order valence-corrected chi connectivity index (χ4v) is 2.37. The van der Waals surface area contributed by atoms with Gasteiger partial charge in [0.15, 0.2) is 11.5 Å². The molecule has 0 radical (unpaired) electrons. The molecular formula is C21H25NO4. The monoisotopic (exact) mass is 355 g/mol. The number of amides is 1. The zero-order valence-corrected chi connectivity index (χ0v) is 15.6. The number of anilines is 1. The number of phenols is 1. The maximum atomic E-state index is 12.6. The molecule has 5 nitrogen and oxygen atoms in total. The lowest BCUT2D eigenvalue weighted by molar-refractivity contribution is 0.102. The predicted octanol–water partition coefficient (Wildman–Crippen LogP) is 4.52. The summed E-state index contributed by atoms with van der Waals surface area (Å²) in [5.41, 5.74) is 1.68. The first kappa shape index (κ1) is 19.4. The molecule has 0 aliphatic heterocycles. The van der Waals surface area contributed by atoms with E-state index in [2.05, 4.69) is 32.7 Å². The first-order valence-corrected chi connectivity index (χ1v) is 8.33. The summed E-state index contributed by atoms with van der Waals surface area (Å²) in [5.74, 6) is 0.651. The maximum Gasteiger partial charge on any atom is 0.255 e. The number of aromatic hydroxyl groups is 1. The Balaban J connectivity index is 2.26. The van der Waals surface area contributed by atoms with Crippen LogP contribution in [0, 0.1) is 0 Å². The molecule has 138 valence electrons. The number of methoxy groups -OCH3 is 1. The van der Waals surface area contributed by atoms with Crippen molar-refractivity contribution >= 4 is 11.6 Å². The predicted molar refractivity (Wildman–Crippen MR) is 103 cm³/mol. The minimum absolute atomic E-state index is 0.0178. The second-order valence-electron chi connectivity index (χ2n) is 6.90. The largest absolute Gasteiger partial charge is 0.506 e. The Labute approximate surface area is 154 Å². The molecule has 0 aliphatic carbocycles. The van der Waals surface area contributed by atoms with Crippen LogP contribution >= 0.6 is 0 Å². The van der Waals surface area contributed by atoms with Crippen LogP contribution in [0.25, 0.3) is 0 Å². The fourth-order valence-electron chi connectivity index (χ4n) is 2.37. The summed E-state index contributed by atoms with van der Waals surface area (Å²) in [6.45, 7) is 10.1. The first-order valence-electron chi connectivity index (χ1n) is 8.33. The number of phenolic OH excluding ortho intramolecular Hbond substituents is 1. The Morgan fingerprint density at radius 3 is 2.54 bits per heavy atom. The van der Waals surface area contributed by atoms with E-state index in [4.69, 9.17) is 9.47 Å². The van der Waals surface area contributed by atoms with E-state index < -0.39 is 0 Å². The standard InChI is InChI=1S/C21H25NO4/c1-6-11-26-18-10-7-14(12-19(18)25-5)20(24)22-16-13-15(21(2,3)4)8-9-17(16)23/h6-10,12-13,23H,1,11H2,2-5H3,(H,22,24). The van der Waals surface area contributed by atoms with Gasteiger partial charge in [-0.2, -0.15) is 0 Å². The first-order chi connectivity index (χ1) is 12.3. The van der Waals surface area contributed by atoms with E-state index in [-0.39, 0.29) is 17.1 Å². The van der Waals surface area contributed by atoms with E-state index in [0.29, 0.717) is 29.4 Å². The van der Waals surface area contributed by atoms with E-state index in [9.17, 15) is 9.90 Å². The highest BCUT2D eigenvalue weighted by molar-refractivity contribution is 6.05. The second kappa shape index (κ2) is 7.95. The van der Waals surface area contributed by atoms with Crippen molar-refractivity contribution in [2.45, 2.75) is 26.2 Å². The van der Waals surface area contributed by atoms with Crippen LogP contribution < -0.4 is 14.8 Å². The van der Waals surface area contributed by atoms with Gasteiger partial charge < -0.3 is 19.9 Å². The van der Waals surface area contributed by atoms with E-state index in [1.165, 1.54) is 7.11 Å². The number of nitrogens with one attached hydrogen (secondary N) is 1. The average Bonchev–Trinajstić information content (AvgIpc) is 2.60. The summed E-state index contributed by atoms with van der Waals surface area (Å²) in [7, 11) is 1.51. The number of carbonyl (C=O) groups excluding carboxylic acids is 1. The molecule has 2 aromatic rings. The average molecular weight is 355 g/mol. The van der Waals surface area contributed by atoms with Crippen LogP contribution in [0.15, 0.2) is 49.1 Å². The van der Waals surface area contributed by atoms with Crippen molar-refractivity contribution in [1.29, 1.82) is 0 Å². The van der Waals surface area contributed by atoms with Gasteiger partial charge in [-0.15, -0.1) is 0 Å². The van der Waals surface area contributed by atoms with E-state index in [1.807, 2.05) is 6.07 Å². The molecule has 0 saturated carbocycles. The number of benzene rings is 2. The summed E-state index contributed by atoms with van der Waals surface area (Å²) in [6, 6.07) is 10.1. The highest BCUT2D eigenvalue weighted by Crippen LogP contribution is 2.32. The molecule has 2 rings (SSSR count). The number of ether oxygens (including phenoxy) is 2. The van der Waals surface area contributed by atoms with Gasteiger partial charge in [0.2, 0.25) is 0 Å². The van der Waals surface area contributed by atoms with Crippen molar-refractivity contribution in [1.82, 2.24) is 0 Å². The molecule has 0 aromatic heterocycles. The topological polar surface area (TPSA) is 67.8 Å². The Morgan fingerprint density at radius 1 is 1.19 bits per heavy atom. The zero-order valence-electron chi connectivity index (χ0n) is 15.6. The highest BCUT2D eigenvalue weighted by Gasteiger charge is 2.17. The molecular weight excluding hydrogens is 330 g/mol. The van der Waals surface area contributed by atoms with Crippen LogP contribution in [-0.4, -0.2) is 24.7 Å². The van der Waals surface area contributed by atoms with Crippen molar-refractivity contribution in [3.05, 3.63) is 60.2 Å². The normalized spacial score (nSPS) is 10.9. The summed E-state index contributed by atoms with van der Waals surface area (Å²) in [5, 5.41) is 12.8. The molecule has 5 heteroatoms. The summed E-state index contributed by atoms with van der Waals surface area (Å²) in [4.78, 5) is 12.6. The van der Waals surface area contributed by atoms with Gasteiger partial charge in [0.1, 0.15) is 12.4 Å². The van der Waals surface area contributed by atoms with Crippen LogP contribution in [-0.2, 0) is 5.41 Å². The van der Waals surface area contributed by atoms with Crippen LogP contribution in [0.2, 0.25) is 0 Å². The molecule has 0 heterocycles. The SMILES string of the molecule is C=CCOc1ccc(C(=O)Nc2cc(C(C)(C)C)ccc2O)cc1OC. The van der Waals surface area contributed by atoms with Crippen LogP contribution in [0.1, 0.15) is 36.7 Å². The van der Waals surface area contributed by atoms with Gasteiger partial charge >= 0.3 is 0 Å². The lowest BCUT2D eigenvalue weighted by atomic mass is 9.87. The van der Waals surface area contributed by atoms with Gasteiger partial charge in [0.25, 0.3) is 5.91 Å². The minimum Gasteiger partial charge on any atom is -0.506 e. The van der Waals surface area contributed by atoms with Crippen molar-refractivity contribution in [3.63, 3.8) is 0 Å². The molecule has 0 atom stereocenters. The van der Waals surface area contributed by atoms with Gasteiger partial charge in [-0.3, -0.25) is 4.79 Å². The molecule has 0 saturated heterocycles. The molecule has 0 spiro atoms. The molecule has 2 N–H and O–H groups in total.